The van der Waals surface area contributed by atoms with Crippen molar-refractivity contribution in [3.8, 4) is 0 Å². The molecule has 0 atom stereocenters. The van der Waals surface area contributed by atoms with Crippen LogP contribution in [0.4, 0.5) is 5.69 Å². The number of amides is 1. The lowest BCUT2D eigenvalue weighted by Crippen LogP contribution is -2.32. The molecule has 1 aliphatic heterocycles. The van der Waals surface area contributed by atoms with Gasteiger partial charge in [0.15, 0.2) is 0 Å². The number of pyridine rings is 1. The third kappa shape index (κ3) is 4.36. The average molecular weight is 359 g/mol. The number of sulfonamides is 1. The number of hydrogen-bond donors (Lipinski definition) is 1. The van der Waals surface area contributed by atoms with Crippen LogP contribution >= 0.6 is 0 Å². The van der Waals surface area contributed by atoms with E-state index in [0.717, 1.165) is 38.8 Å². The van der Waals surface area contributed by atoms with Crippen LogP contribution in [0.3, 0.4) is 0 Å². The molecule has 0 radical (unpaired) electrons. The van der Waals surface area contributed by atoms with Gasteiger partial charge in [-0.15, -0.1) is 0 Å². The Labute approximate surface area is 147 Å². The Morgan fingerprint density at radius 3 is 2.36 bits per heavy atom. The average Bonchev–Trinajstić information content (AvgIpc) is 2.91. The van der Waals surface area contributed by atoms with E-state index in [9.17, 15) is 13.2 Å². The number of nitrogens with one attached hydrogen (secondary N) is 1. The SMILES string of the molecule is O=C(c1cc(NS(=O)(=O)c2ccccc2)ccn1)N1CCCCCC1. The Balaban J connectivity index is 1.78. The van der Waals surface area contributed by atoms with E-state index in [4.69, 9.17) is 0 Å². The van der Waals surface area contributed by atoms with Crippen LogP contribution in [0.15, 0.2) is 53.6 Å². The molecule has 1 aliphatic rings. The maximum absolute atomic E-state index is 12.6. The van der Waals surface area contributed by atoms with Gasteiger partial charge in [0.05, 0.1) is 10.6 Å². The molecule has 1 aromatic heterocycles. The summed E-state index contributed by atoms with van der Waals surface area (Å²) in [7, 11) is -3.69. The second-order valence-electron chi connectivity index (χ2n) is 6.05. The first-order chi connectivity index (χ1) is 12.1. The van der Waals surface area contributed by atoms with Crippen LogP contribution < -0.4 is 4.72 Å². The molecule has 1 saturated heterocycles. The van der Waals surface area contributed by atoms with Crippen molar-refractivity contribution < 1.29 is 13.2 Å². The van der Waals surface area contributed by atoms with Crippen molar-refractivity contribution in [1.82, 2.24) is 9.88 Å². The number of anilines is 1. The molecule has 7 heteroatoms. The number of likely N-dealkylation sites (tertiary alicyclic amines) is 1. The first-order valence-corrected chi connectivity index (χ1v) is 9.88. The standard InChI is InChI=1S/C18H21N3O3S/c22-18(21-12-6-1-2-7-13-21)17-14-15(10-11-19-17)20-25(23,24)16-8-4-3-5-9-16/h3-5,8-11,14H,1-2,6-7,12-13H2,(H,19,20). The highest BCUT2D eigenvalue weighted by Crippen LogP contribution is 2.18. The molecule has 0 bridgehead atoms. The van der Waals surface area contributed by atoms with Crippen LogP contribution in [0.5, 0.6) is 0 Å². The second kappa shape index (κ2) is 7.65. The molecule has 0 aliphatic carbocycles. The number of nitrogens with zero attached hydrogens (tertiary/aromatic N) is 2. The fourth-order valence-electron chi connectivity index (χ4n) is 2.86. The van der Waals surface area contributed by atoms with Gasteiger partial charge in [-0.1, -0.05) is 31.0 Å². The molecule has 1 fully saturated rings. The minimum Gasteiger partial charge on any atom is -0.337 e. The van der Waals surface area contributed by atoms with E-state index in [2.05, 4.69) is 9.71 Å². The van der Waals surface area contributed by atoms with Gasteiger partial charge < -0.3 is 4.90 Å². The van der Waals surface area contributed by atoms with Crippen LogP contribution in [0.2, 0.25) is 0 Å². The Bertz CT molecular complexity index is 830. The summed E-state index contributed by atoms with van der Waals surface area (Å²) in [5, 5.41) is 0. The molecular formula is C18H21N3O3S. The van der Waals surface area contributed by atoms with Gasteiger partial charge >= 0.3 is 0 Å². The number of carbonyl (C=O) groups is 1. The van der Waals surface area contributed by atoms with Crippen molar-refractivity contribution in [1.29, 1.82) is 0 Å². The number of hydrogen-bond acceptors (Lipinski definition) is 4. The number of benzene rings is 1. The normalized spacial score (nSPS) is 15.4. The third-order valence-corrected chi connectivity index (χ3v) is 5.58. The molecule has 25 heavy (non-hydrogen) atoms. The predicted molar refractivity (Wildman–Crippen MR) is 95.9 cm³/mol. The van der Waals surface area contributed by atoms with Crippen molar-refractivity contribution in [2.45, 2.75) is 30.6 Å². The Hall–Kier alpha value is -2.41. The van der Waals surface area contributed by atoms with Gasteiger partial charge in [-0.3, -0.25) is 14.5 Å². The highest BCUT2D eigenvalue weighted by atomic mass is 32.2. The van der Waals surface area contributed by atoms with Gasteiger partial charge in [0.2, 0.25) is 0 Å². The molecule has 1 amide bonds. The number of carbonyl (C=O) groups excluding carboxylic acids is 1. The second-order valence-corrected chi connectivity index (χ2v) is 7.74. The summed E-state index contributed by atoms with van der Waals surface area (Å²) < 4.78 is 27.3. The highest BCUT2D eigenvalue weighted by Gasteiger charge is 2.20. The monoisotopic (exact) mass is 359 g/mol. The van der Waals surface area contributed by atoms with E-state index < -0.39 is 10.0 Å². The fraction of sp³-hybridized carbons (Fsp3) is 0.333. The highest BCUT2D eigenvalue weighted by molar-refractivity contribution is 7.92. The zero-order chi connectivity index (χ0) is 17.7. The minimum atomic E-state index is -3.69. The van der Waals surface area contributed by atoms with Crippen molar-refractivity contribution in [3.63, 3.8) is 0 Å². The summed E-state index contributed by atoms with van der Waals surface area (Å²) in [4.78, 5) is 18.7. The van der Waals surface area contributed by atoms with Crippen LogP contribution in [0.25, 0.3) is 0 Å². The van der Waals surface area contributed by atoms with Gasteiger partial charge in [0.1, 0.15) is 5.69 Å². The molecule has 0 unspecified atom stereocenters. The lowest BCUT2D eigenvalue weighted by molar-refractivity contribution is 0.0756. The van der Waals surface area contributed by atoms with E-state index >= 15 is 0 Å². The zero-order valence-electron chi connectivity index (χ0n) is 13.9. The summed E-state index contributed by atoms with van der Waals surface area (Å²) >= 11 is 0. The lowest BCUT2D eigenvalue weighted by Gasteiger charge is -2.20. The molecule has 6 nitrogen and oxygen atoms in total. The first kappa shape index (κ1) is 17.4. The van der Waals surface area contributed by atoms with Gasteiger partial charge in [0.25, 0.3) is 15.9 Å². The van der Waals surface area contributed by atoms with Crippen molar-refractivity contribution >= 4 is 21.6 Å². The molecule has 132 valence electrons. The van der Waals surface area contributed by atoms with E-state index in [1.807, 2.05) is 0 Å². The Morgan fingerprint density at radius 1 is 1.00 bits per heavy atom. The third-order valence-electron chi connectivity index (χ3n) is 4.18. The Morgan fingerprint density at radius 2 is 1.68 bits per heavy atom. The minimum absolute atomic E-state index is 0.150. The number of aromatic nitrogens is 1. The molecule has 2 aromatic rings. The Kier molecular flexibility index (Phi) is 5.33. The molecule has 1 aromatic carbocycles. The van der Waals surface area contributed by atoms with Gasteiger partial charge in [0, 0.05) is 19.3 Å². The summed E-state index contributed by atoms with van der Waals surface area (Å²) in [6.07, 6.45) is 5.70. The fourth-order valence-corrected chi connectivity index (χ4v) is 3.93. The van der Waals surface area contributed by atoms with Crippen LogP contribution in [0.1, 0.15) is 36.2 Å². The van der Waals surface area contributed by atoms with Gasteiger partial charge in [-0.2, -0.15) is 0 Å². The van der Waals surface area contributed by atoms with Crippen molar-refractivity contribution in [2.75, 3.05) is 17.8 Å². The number of rotatable bonds is 4. The molecule has 0 saturated carbocycles. The van der Waals surface area contributed by atoms with E-state index in [-0.39, 0.29) is 16.5 Å². The largest absolute Gasteiger partial charge is 0.337 e. The molecule has 3 rings (SSSR count). The molecular weight excluding hydrogens is 338 g/mol. The zero-order valence-corrected chi connectivity index (χ0v) is 14.7. The molecule has 0 spiro atoms. The van der Waals surface area contributed by atoms with Crippen molar-refractivity contribution in [2.24, 2.45) is 0 Å². The van der Waals surface area contributed by atoms with E-state index in [0.29, 0.717) is 5.69 Å². The van der Waals surface area contributed by atoms with E-state index in [1.54, 1.807) is 29.2 Å². The quantitative estimate of drug-likeness (QED) is 0.910. The maximum atomic E-state index is 12.6. The van der Waals surface area contributed by atoms with Gasteiger partial charge in [-0.05, 0) is 37.1 Å². The first-order valence-electron chi connectivity index (χ1n) is 8.39. The van der Waals surface area contributed by atoms with Crippen LogP contribution in [0, 0.1) is 0 Å². The summed E-state index contributed by atoms with van der Waals surface area (Å²) in [6.45, 7) is 1.45. The molecule has 2 heterocycles. The van der Waals surface area contributed by atoms with Crippen LogP contribution in [-0.2, 0) is 10.0 Å². The van der Waals surface area contributed by atoms with E-state index in [1.165, 1.54) is 24.4 Å². The summed E-state index contributed by atoms with van der Waals surface area (Å²) in [6, 6.07) is 11.2. The van der Waals surface area contributed by atoms with Crippen molar-refractivity contribution in [3.05, 3.63) is 54.4 Å². The van der Waals surface area contributed by atoms with Crippen LogP contribution in [-0.4, -0.2) is 37.3 Å². The summed E-state index contributed by atoms with van der Waals surface area (Å²) in [5.74, 6) is -0.150. The predicted octanol–water partition coefficient (Wildman–Crippen LogP) is 2.90. The molecule has 1 N–H and O–H groups in total. The van der Waals surface area contributed by atoms with Gasteiger partial charge in [-0.25, -0.2) is 8.42 Å². The topological polar surface area (TPSA) is 79.4 Å². The summed E-state index contributed by atoms with van der Waals surface area (Å²) in [5.41, 5.74) is 0.590. The maximum Gasteiger partial charge on any atom is 0.272 e. The lowest BCUT2D eigenvalue weighted by atomic mass is 10.2. The smallest absolute Gasteiger partial charge is 0.272 e.